The van der Waals surface area contributed by atoms with Crippen LogP contribution in [0.2, 0.25) is 0 Å². The molecule has 3 heteroatoms. The Morgan fingerprint density at radius 3 is 2.45 bits per heavy atom. The SMILES string of the molecule is C=C1C=CC=CN1NN.CC. The van der Waals surface area contributed by atoms with Gasteiger partial charge in [0, 0.05) is 6.20 Å². The van der Waals surface area contributed by atoms with Gasteiger partial charge in [-0.25, -0.2) is 0 Å². The van der Waals surface area contributed by atoms with E-state index >= 15 is 0 Å². The van der Waals surface area contributed by atoms with Crippen LogP contribution in [-0.2, 0) is 0 Å². The first kappa shape index (κ1) is 9.94. The van der Waals surface area contributed by atoms with Crippen LogP contribution in [0, 0.1) is 0 Å². The van der Waals surface area contributed by atoms with E-state index in [0.717, 1.165) is 5.70 Å². The first-order valence-corrected chi connectivity index (χ1v) is 3.64. The second-order valence-electron chi connectivity index (χ2n) is 1.69. The average Bonchev–Trinajstić information content (AvgIpc) is 2.09. The molecule has 0 atom stereocenters. The molecule has 1 heterocycles. The highest BCUT2D eigenvalue weighted by Crippen LogP contribution is 2.04. The van der Waals surface area contributed by atoms with E-state index in [4.69, 9.17) is 5.84 Å². The first-order valence-electron chi connectivity index (χ1n) is 3.64. The Hall–Kier alpha value is -1.06. The summed E-state index contributed by atoms with van der Waals surface area (Å²) in [5.41, 5.74) is 3.28. The quantitative estimate of drug-likeness (QED) is 0.440. The minimum atomic E-state index is 0.833. The summed E-state index contributed by atoms with van der Waals surface area (Å²) in [5.74, 6) is 5.12. The molecule has 3 nitrogen and oxygen atoms in total. The van der Waals surface area contributed by atoms with Gasteiger partial charge in [-0.1, -0.05) is 26.5 Å². The molecule has 0 aromatic carbocycles. The molecule has 0 radical (unpaired) electrons. The van der Waals surface area contributed by atoms with Gasteiger partial charge in [0.25, 0.3) is 0 Å². The third-order valence-corrected chi connectivity index (χ3v) is 1.08. The summed E-state index contributed by atoms with van der Waals surface area (Å²) in [6, 6.07) is 0. The molecule has 0 saturated carbocycles. The average molecular weight is 153 g/mol. The molecule has 0 amide bonds. The maximum Gasteiger partial charge on any atom is 0.0512 e. The molecule has 0 fully saturated rings. The van der Waals surface area contributed by atoms with E-state index in [1.165, 1.54) is 0 Å². The van der Waals surface area contributed by atoms with Gasteiger partial charge in [0.2, 0.25) is 0 Å². The Bertz CT molecular complexity index is 170. The van der Waals surface area contributed by atoms with Gasteiger partial charge in [0.15, 0.2) is 0 Å². The van der Waals surface area contributed by atoms with E-state index in [1.54, 1.807) is 11.2 Å². The van der Waals surface area contributed by atoms with Crippen molar-refractivity contribution in [2.75, 3.05) is 0 Å². The molecule has 0 bridgehead atoms. The fourth-order valence-electron chi connectivity index (χ4n) is 0.604. The Kier molecular flexibility index (Phi) is 5.15. The van der Waals surface area contributed by atoms with Crippen molar-refractivity contribution in [1.29, 1.82) is 0 Å². The molecule has 11 heavy (non-hydrogen) atoms. The highest BCUT2D eigenvalue weighted by molar-refractivity contribution is 5.24. The van der Waals surface area contributed by atoms with Crippen LogP contribution in [0.1, 0.15) is 13.8 Å². The summed E-state index contributed by atoms with van der Waals surface area (Å²) >= 11 is 0. The monoisotopic (exact) mass is 153 g/mol. The molecule has 1 aliphatic rings. The highest BCUT2D eigenvalue weighted by Gasteiger charge is 1.98. The van der Waals surface area contributed by atoms with Gasteiger partial charge in [-0.3, -0.25) is 10.9 Å². The largest absolute Gasteiger partial charge is 0.272 e. The first-order chi connectivity index (χ1) is 5.34. The lowest BCUT2D eigenvalue weighted by Gasteiger charge is -2.19. The predicted octanol–water partition coefficient (Wildman–Crippen LogP) is 1.29. The summed E-state index contributed by atoms with van der Waals surface area (Å²) in [4.78, 5) is 0. The smallest absolute Gasteiger partial charge is 0.0512 e. The highest BCUT2D eigenvalue weighted by atomic mass is 15.6. The Balaban J connectivity index is 0.000000461. The second-order valence-corrected chi connectivity index (χ2v) is 1.69. The molecular weight excluding hydrogens is 138 g/mol. The lowest BCUT2D eigenvalue weighted by Crippen LogP contribution is -2.38. The number of nitrogens with two attached hydrogens (primary N) is 1. The van der Waals surface area contributed by atoms with Crippen LogP contribution >= 0.6 is 0 Å². The van der Waals surface area contributed by atoms with Crippen molar-refractivity contribution in [3.05, 3.63) is 36.7 Å². The van der Waals surface area contributed by atoms with E-state index in [2.05, 4.69) is 12.1 Å². The van der Waals surface area contributed by atoms with Gasteiger partial charge < -0.3 is 0 Å². The third kappa shape index (κ3) is 3.02. The summed E-state index contributed by atoms with van der Waals surface area (Å²) in [6.07, 6.45) is 7.42. The molecule has 1 rings (SSSR count). The fourth-order valence-corrected chi connectivity index (χ4v) is 0.604. The van der Waals surface area contributed by atoms with Crippen molar-refractivity contribution < 1.29 is 0 Å². The van der Waals surface area contributed by atoms with Gasteiger partial charge >= 0.3 is 0 Å². The van der Waals surface area contributed by atoms with Crippen LogP contribution < -0.4 is 11.4 Å². The molecule has 0 saturated heterocycles. The fraction of sp³-hybridized carbons (Fsp3) is 0.250. The summed E-state index contributed by atoms with van der Waals surface area (Å²) in [7, 11) is 0. The Morgan fingerprint density at radius 1 is 1.45 bits per heavy atom. The topological polar surface area (TPSA) is 41.3 Å². The molecule has 0 aromatic heterocycles. The third-order valence-electron chi connectivity index (χ3n) is 1.08. The van der Waals surface area contributed by atoms with E-state index in [1.807, 2.05) is 32.1 Å². The minimum Gasteiger partial charge on any atom is -0.272 e. The van der Waals surface area contributed by atoms with Crippen LogP contribution in [-0.4, -0.2) is 5.01 Å². The number of hydrogen-bond acceptors (Lipinski definition) is 3. The van der Waals surface area contributed by atoms with E-state index < -0.39 is 0 Å². The van der Waals surface area contributed by atoms with Crippen LogP contribution in [0.15, 0.2) is 36.7 Å². The maximum absolute atomic E-state index is 5.12. The summed E-state index contributed by atoms with van der Waals surface area (Å²) in [6.45, 7) is 7.71. The van der Waals surface area contributed by atoms with E-state index in [9.17, 15) is 0 Å². The molecule has 1 aliphatic heterocycles. The van der Waals surface area contributed by atoms with Gasteiger partial charge in [-0.15, -0.1) is 0 Å². The molecule has 0 unspecified atom stereocenters. The number of hydrazine groups is 2. The molecular formula is C8H15N3. The van der Waals surface area contributed by atoms with Crippen LogP contribution in [0.5, 0.6) is 0 Å². The van der Waals surface area contributed by atoms with Crippen molar-refractivity contribution >= 4 is 0 Å². The number of rotatable bonds is 1. The van der Waals surface area contributed by atoms with Gasteiger partial charge in [-0.2, -0.15) is 5.53 Å². The normalized spacial score (nSPS) is 14.5. The van der Waals surface area contributed by atoms with Crippen LogP contribution in [0.4, 0.5) is 0 Å². The second kappa shape index (κ2) is 5.70. The van der Waals surface area contributed by atoms with Crippen molar-refractivity contribution in [2.24, 2.45) is 5.84 Å². The van der Waals surface area contributed by atoms with Crippen LogP contribution in [0.3, 0.4) is 0 Å². The van der Waals surface area contributed by atoms with E-state index in [-0.39, 0.29) is 0 Å². The zero-order valence-corrected chi connectivity index (χ0v) is 7.04. The number of nitrogens with one attached hydrogen (secondary N) is 1. The van der Waals surface area contributed by atoms with Crippen molar-refractivity contribution in [2.45, 2.75) is 13.8 Å². The summed E-state index contributed by atoms with van der Waals surface area (Å²) in [5, 5.41) is 1.62. The number of allylic oxidation sites excluding steroid dienone is 3. The Morgan fingerprint density at radius 2 is 2.09 bits per heavy atom. The zero-order chi connectivity index (χ0) is 8.69. The van der Waals surface area contributed by atoms with Gasteiger partial charge in [0.1, 0.15) is 0 Å². The number of nitrogens with zero attached hydrogens (tertiary/aromatic N) is 1. The van der Waals surface area contributed by atoms with Crippen LogP contribution in [0.25, 0.3) is 0 Å². The molecule has 0 aromatic rings. The number of hydrogen-bond donors (Lipinski definition) is 2. The van der Waals surface area contributed by atoms with E-state index in [0.29, 0.717) is 0 Å². The van der Waals surface area contributed by atoms with Gasteiger partial charge in [0.05, 0.1) is 5.70 Å². The maximum atomic E-state index is 5.12. The minimum absolute atomic E-state index is 0.833. The molecule has 0 aliphatic carbocycles. The molecule has 0 spiro atoms. The Labute approximate surface area is 67.8 Å². The predicted molar refractivity (Wildman–Crippen MR) is 47.9 cm³/mol. The lowest BCUT2D eigenvalue weighted by atomic mass is 10.3. The van der Waals surface area contributed by atoms with Crippen molar-refractivity contribution in [1.82, 2.24) is 10.5 Å². The van der Waals surface area contributed by atoms with Crippen molar-refractivity contribution in [3.8, 4) is 0 Å². The zero-order valence-electron chi connectivity index (χ0n) is 7.04. The van der Waals surface area contributed by atoms with Crippen molar-refractivity contribution in [3.63, 3.8) is 0 Å². The molecule has 3 N–H and O–H groups in total. The van der Waals surface area contributed by atoms with Gasteiger partial charge in [-0.05, 0) is 12.2 Å². The summed E-state index contributed by atoms with van der Waals surface area (Å²) < 4.78 is 0. The molecule has 62 valence electrons. The lowest BCUT2D eigenvalue weighted by molar-refractivity contribution is 0.354. The standard InChI is InChI=1S/C6H9N3.C2H6/c1-6-4-2-3-5-9(6)8-7;1-2/h2-5,8H,1,7H2;1-2H3.